The Morgan fingerprint density at radius 2 is 1.72 bits per heavy atom. The Bertz CT molecular complexity index is 760. The average molecular weight is 402 g/mol. The van der Waals surface area contributed by atoms with Gasteiger partial charge < -0.3 is 14.8 Å². The van der Waals surface area contributed by atoms with Gasteiger partial charge in [0.2, 0.25) is 0 Å². The molecule has 6 nitrogen and oxygen atoms in total. The maximum absolute atomic E-state index is 13.0. The molecule has 4 rings (SSSR count). The molecular formula is C23H31NO5. The lowest BCUT2D eigenvalue weighted by Crippen LogP contribution is -2.68. The Kier molecular flexibility index (Phi) is 5.74. The first-order chi connectivity index (χ1) is 13.6. The van der Waals surface area contributed by atoms with Gasteiger partial charge in [-0.1, -0.05) is 30.3 Å². The number of amides is 1. The fraction of sp³-hybridized carbons (Fsp3) is 0.609. The third kappa shape index (κ3) is 4.80. The van der Waals surface area contributed by atoms with Gasteiger partial charge >= 0.3 is 12.1 Å². The number of nitrogens with one attached hydrogen (secondary N) is 1. The maximum Gasteiger partial charge on any atom is 0.407 e. The number of carbonyl (C=O) groups is 3. The Balaban J connectivity index is 1.50. The van der Waals surface area contributed by atoms with Crippen LogP contribution in [0.4, 0.5) is 4.79 Å². The number of alkyl carbamates (subject to hydrolysis) is 1. The van der Waals surface area contributed by atoms with Crippen molar-refractivity contribution in [2.45, 2.75) is 58.5 Å². The van der Waals surface area contributed by atoms with Crippen LogP contribution in [0.5, 0.6) is 0 Å². The third-order valence-corrected chi connectivity index (χ3v) is 6.03. The van der Waals surface area contributed by atoms with Crippen molar-refractivity contribution in [3.8, 4) is 0 Å². The third-order valence-electron chi connectivity index (χ3n) is 6.03. The SMILES string of the molecule is COC(=O)[C@@H](CC(=O)C12CC(CNC(=O)OC(C)(C)C)(C1)C2)Cc1ccccc1. The molecule has 0 heterocycles. The van der Waals surface area contributed by atoms with Crippen LogP contribution in [-0.2, 0) is 25.5 Å². The predicted octanol–water partition coefficient (Wildman–Crippen LogP) is 3.67. The summed E-state index contributed by atoms with van der Waals surface area (Å²) in [6.07, 6.45) is 2.60. The predicted molar refractivity (Wildman–Crippen MR) is 108 cm³/mol. The molecule has 0 aliphatic heterocycles. The van der Waals surface area contributed by atoms with E-state index < -0.39 is 17.6 Å². The molecule has 0 radical (unpaired) electrons. The van der Waals surface area contributed by atoms with Crippen LogP contribution in [0.25, 0.3) is 0 Å². The monoisotopic (exact) mass is 401 g/mol. The molecule has 2 bridgehead atoms. The highest BCUT2D eigenvalue weighted by molar-refractivity contribution is 5.91. The van der Waals surface area contributed by atoms with Crippen LogP contribution in [0.1, 0.15) is 52.0 Å². The second-order valence-electron chi connectivity index (χ2n) is 9.70. The number of esters is 1. The summed E-state index contributed by atoms with van der Waals surface area (Å²) in [6, 6.07) is 9.69. The van der Waals surface area contributed by atoms with Crippen LogP contribution in [0, 0.1) is 16.7 Å². The first-order valence-electron chi connectivity index (χ1n) is 10.2. The standard InChI is InChI=1S/C23H31NO5/c1-21(2,3)29-20(27)24-15-22-12-23(13-22,14-22)18(25)11-17(19(26)28-4)10-16-8-6-5-7-9-16/h5-9,17H,10-15H2,1-4H3,(H,24,27)/t17-,22?,23?/m1/s1. The summed E-state index contributed by atoms with van der Waals surface area (Å²) in [4.78, 5) is 37.0. The van der Waals surface area contributed by atoms with Crippen molar-refractivity contribution in [3.63, 3.8) is 0 Å². The molecule has 0 spiro atoms. The summed E-state index contributed by atoms with van der Waals surface area (Å²) in [5.74, 6) is -0.655. The quantitative estimate of drug-likeness (QED) is 0.672. The lowest BCUT2D eigenvalue weighted by molar-refractivity contribution is -0.203. The molecule has 1 aromatic rings. The highest BCUT2D eigenvalue weighted by Crippen LogP contribution is 2.73. The van der Waals surface area contributed by atoms with Crippen LogP contribution < -0.4 is 5.32 Å². The van der Waals surface area contributed by atoms with E-state index in [-0.39, 0.29) is 29.0 Å². The van der Waals surface area contributed by atoms with E-state index >= 15 is 0 Å². The molecular weight excluding hydrogens is 370 g/mol. The van der Waals surface area contributed by atoms with E-state index in [1.165, 1.54) is 7.11 Å². The lowest BCUT2D eigenvalue weighted by Gasteiger charge is -2.70. The van der Waals surface area contributed by atoms with Gasteiger partial charge in [0, 0.05) is 18.4 Å². The van der Waals surface area contributed by atoms with Crippen molar-refractivity contribution in [3.05, 3.63) is 35.9 Å². The first kappa shape index (κ1) is 21.3. The minimum atomic E-state index is -0.525. The summed E-state index contributed by atoms with van der Waals surface area (Å²) in [7, 11) is 1.36. The van der Waals surface area contributed by atoms with Gasteiger partial charge in [-0.05, 0) is 57.4 Å². The van der Waals surface area contributed by atoms with Gasteiger partial charge in [0.05, 0.1) is 13.0 Å². The summed E-state index contributed by atoms with van der Waals surface area (Å²) >= 11 is 0. The van der Waals surface area contributed by atoms with Crippen LogP contribution in [-0.4, -0.2) is 37.1 Å². The number of rotatable bonds is 8. The maximum atomic E-state index is 13.0. The first-order valence-corrected chi connectivity index (χ1v) is 10.2. The van der Waals surface area contributed by atoms with Crippen molar-refractivity contribution in [1.29, 1.82) is 0 Å². The molecule has 0 saturated heterocycles. The van der Waals surface area contributed by atoms with Gasteiger partial charge in [-0.15, -0.1) is 0 Å². The highest BCUT2D eigenvalue weighted by atomic mass is 16.6. The molecule has 0 unspecified atom stereocenters. The second kappa shape index (κ2) is 7.81. The van der Waals surface area contributed by atoms with Gasteiger partial charge in [0.1, 0.15) is 11.4 Å². The second-order valence-corrected chi connectivity index (χ2v) is 9.70. The van der Waals surface area contributed by atoms with Crippen molar-refractivity contribution < 1.29 is 23.9 Å². The van der Waals surface area contributed by atoms with Gasteiger partial charge in [-0.25, -0.2) is 4.79 Å². The zero-order valence-corrected chi connectivity index (χ0v) is 17.7. The van der Waals surface area contributed by atoms with E-state index in [4.69, 9.17) is 9.47 Å². The minimum Gasteiger partial charge on any atom is -0.469 e. The summed E-state index contributed by atoms with van der Waals surface area (Å²) in [5, 5.41) is 2.83. The van der Waals surface area contributed by atoms with Gasteiger partial charge in [-0.3, -0.25) is 9.59 Å². The molecule has 3 fully saturated rings. The van der Waals surface area contributed by atoms with E-state index in [0.717, 1.165) is 24.8 Å². The number of benzene rings is 1. The Morgan fingerprint density at radius 1 is 1.10 bits per heavy atom. The molecule has 3 aliphatic rings. The van der Waals surface area contributed by atoms with E-state index in [9.17, 15) is 14.4 Å². The van der Waals surface area contributed by atoms with Crippen LogP contribution in [0.3, 0.4) is 0 Å². The number of ketones is 1. The van der Waals surface area contributed by atoms with Gasteiger partial charge in [0.15, 0.2) is 0 Å². The largest absolute Gasteiger partial charge is 0.469 e. The number of Topliss-reactive ketones (excluding diaryl/α,β-unsaturated/α-hetero) is 1. The van der Waals surface area contributed by atoms with E-state index in [1.807, 2.05) is 51.1 Å². The molecule has 1 atom stereocenters. The van der Waals surface area contributed by atoms with Crippen molar-refractivity contribution in [1.82, 2.24) is 5.32 Å². The number of hydrogen-bond acceptors (Lipinski definition) is 5. The van der Waals surface area contributed by atoms with E-state index in [0.29, 0.717) is 13.0 Å². The summed E-state index contributed by atoms with van der Waals surface area (Å²) in [6.45, 7) is 6.01. The molecule has 158 valence electrons. The van der Waals surface area contributed by atoms with Crippen molar-refractivity contribution in [2.75, 3.05) is 13.7 Å². The molecule has 29 heavy (non-hydrogen) atoms. The van der Waals surface area contributed by atoms with E-state index in [2.05, 4.69) is 5.32 Å². The molecule has 3 saturated carbocycles. The summed E-state index contributed by atoms with van der Waals surface area (Å²) in [5.41, 5.74) is 0.180. The molecule has 6 heteroatoms. The topological polar surface area (TPSA) is 81.7 Å². The Hall–Kier alpha value is -2.37. The zero-order valence-electron chi connectivity index (χ0n) is 17.7. The highest BCUT2D eigenvalue weighted by Gasteiger charge is 2.70. The fourth-order valence-corrected chi connectivity index (χ4v) is 4.80. The fourth-order valence-electron chi connectivity index (χ4n) is 4.80. The normalized spacial score (nSPS) is 25.8. The minimum absolute atomic E-state index is 0.00670. The molecule has 0 aromatic heterocycles. The number of hydrogen-bond donors (Lipinski definition) is 1. The smallest absolute Gasteiger partial charge is 0.407 e. The Labute approximate surface area is 172 Å². The molecule has 3 aliphatic carbocycles. The van der Waals surface area contributed by atoms with Crippen molar-refractivity contribution >= 4 is 17.8 Å². The number of carbonyl (C=O) groups excluding carboxylic acids is 3. The molecule has 1 amide bonds. The molecule has 1 aromatic carbocycles. The van der Waals surface area contributed by atoms with Gasteiger partial charge in [-0.2, -0.15) is 0 Å². The van der Waals surface area contributed by atoms with E-state index in [1.54, 1.807) is 0 Å². The lowest BCUT2D eigenvalue weighted by atomic mass is 9.33. The summed E-state index contributed by atoms with van der Waals surface area (Å²) < 4.78 is 10.2. The number of ether oxygens (including phenoxy) is 2. The average Bonchev–Trinajstić information content (AvgIpc) is 2.57. The van der Waals surface area contributed by atoms with Crippen LogP contribution in [0.15, 0.2) is 30.3 Å². The van der Waals surface area contributed by atoms with Crippen LogP contribution in [0.2, 0.25) is 0 Å². The van der Waals surface area contributed by atoms with Gasteiger partial charge in [0.25, 0.3) is 0 Å². The van der Waals surface area contributed by atoms with Crippen molar-refractivity contribution in [2.24, 2.45) is 16.7 Å². The molecule has 1 N–H and O–H groups in total. The Morgan fingerprint density at radius 3 is 2.28 bits per heavy atom. The zero-order chi connectivity index (χ0) is 21.3. The number of methoxy groups -OCH3 is 1. The van der Waals surface area contributed by atoms with Crippen LogP contribution >= 0.6 is 0 Å².